The zero-order valence-corrected chi connectivity index (χ0v) is 15.7. The molecule has 0 aliphatic carbocycles. The smallest absolute Gasteiger partial charge is 0.0931 e. The van der Waals surface area contributed by atoms with E-state index in [1.54, 1.807) is 0 Å². The molecule has 0 aromatic rings. The average Bonchev–Trinajstić information content (AvgIpc) is 2.47. The minimum absolute atomic E-state index is 1.01. The molecular formula is C19H39N3. The van der Waals surface area contributed by atoms with E-state index < -0.39 is 0 Å². The van der Waals surface area contributed by atoms with E-state index in [-0.39, 0.29) is 0 Å². The first-order valence-corrected chi connectivity index (χ1v) is 8.72. The van der Waals surface area contributed by atoms with Gasteiger partial charge in [0.15, 0.2) is 0 Å². The molecule has 1 heterocycles. The Morgan fingerprint density at radius 2 is 1.82 bits per heavy atom. The van der Waals surface area contributed by atoms with Crippen LogP contribution in [-0.4, -0.2) is 25.5 Å². The number of amidine groups is 1. The summed E-state index contributed by atoms with van der Waals surface area (Å²) in [5.41, 5.74) is 2.38. The van der Waals surface area contributed by atoms with Gasteiger partial charge in [-0.05, 0) is 46.5 Å². The minimum Gasteiger partial charge on any atom is -0.389 e. The second-order valence-corrected chi connectivity index (χ2v) is 5.87. The molecule has 0 saturated heterocycles. The zero-order valence-electron chi connectivity index (χ0n) is 15.7. The second kappa shape index (κ2) is 17.8. The lowest BCUT2D eigenvalue weighted by Gasteiger charge is -2.08. The molecule has 2 N–H and O–H groups in total. The summed E-state index contributed by atoms with van der Waals surface area (Å²) in [6, 6.07) is 0. The van der Waals surface area contributed by atoms with Crippen LogP contribution in [0.5, 0.6) is 0 Å². The van der Waals surface area contributed by atoms with Gasteiger partial charge < -0.3 is 10.6 Å². The summed E-state index contributed by atoms with van der Waals surface area (Å²) in [7, 11) is 0. The minimum atomic E-state index is 1.01. The van der Waals surface area contributed by atoms with Crippen molar-refractivity contribution in [1.29, 1.82) is 0 Å². The molecule has 0 spiro atoms. The monoisotopic (exact) mass is 309 g/mol. The lowest BCUT2D eigenvalue weighted by atomic mass is 10.2. The van der Waals surface area contributed by atoms with E-state index in [0.717, 1.165) is 31.2 Å². The van der Waals surface area contributed by atoms with Crippen molar-refractivity contribution in [2.24, 2.45) is 4.99 Å². The molecule has 130 valence electrons. The van der Waals surface area contributed by atoms with Crippen LogP contribution in [0.2, 0.25) is 0 Å². The normalized spacial score (nSPS) is 12.5. The fourth-order valence-electron chi connectivity index (χ4n) is 1.61. The Bertz CT molecular complexity index is 306. The predicted octanol–water partition coefficient (Wildman–Crippen LogP) is 5.06. The van der Waals surface area contributed by atoms with Crippen LogP contribution in [0.1, 0.15) is 73.1 Å². The number of unbranched alkanes of at least 4 members (excludes halogenated alkanes) is 2. The average molecular weight is 310 g/mol. The van der Waals surface area contributed by atoms with Gasteiger partial charge in [0.2, 0.25) is 0 Å². The first-order chi connectivity index (χ1) is 10.4. The van der Waals surface area contributed by atoms with Gasteiger partial charge >= 0.3 is 0 Å². The molecule has 0 unspecified atom stereocenters. The Balaban J connectivity index is 0. The molecule has 1 aliphatic rings. The lowest BCUT2D eigenvalue weighted by Crippen LogP contribution is -2.26. The first-order valence-electron chi connectivity index (χ1n) is 8.72. The highest BCUT2D eigenvalue weighted by atomic mass is 15.0. The Hall–Kier alpha value is -1.25. The first kappa shape index (κ1) is 23.0. The molecule has 3 nitrogen and oxygen atoms in total. The summed E-state index contributed by atoms with van der Waals surface area (Å²) >= 11 is 0. The highest BCUT2D eigenvalue weighted by Gasteiger charge is 1.94. The van der Waals surface area contributed by atoms with Gasteiger partial charge in [-0.1, -0.05) is 38.8 Å². The number of nitrogens with one attached hydrogen (secondary N) is 2. The number of rotatable bonds is 7. The molecule has 3 heteroatoms. The van der Waals surface area contributed by atoms with Crippen molar-refractivity contribution < 1.29 is 0 Å². The van der Waals surface area contributed by atoms with Crippen LogP contribution in [0.15, 0.2) is 29.4 Å². The van der Waals surface area contributed by atoms with Gasteiger partial charge in [0.05, 0.1) is 5.84 Å². The number of allylic oxidation sites excluding steroid dienone is 2. The van der Waals surface area contributed by atoms with E-state index in [2.05, 4.69) is 49.6 Å². The second-order valence-electron chi connectivity index (χ2n) is 5.87. The van der Waals surface area contributed by atoms with Crippen molar-refractivity contribution in [2.75, 3.05) is 19.6 Å². The Morgan fingerprint density at radius 1 is 1.18 bits per heavy atom. The number of aliphatic imine (C=N–C) groups is 1. The summed E-state index contributed by atoms with van der Waals surface area (Å²) in [6.45, 7) is 21.1. The molecule has 0 amide bonds. The number of hydrogen-bond acceptors (Lipinski definition) is 3. The van der Waals surface area contributed by atoms with Crippen molar-refractivity contribution >= 4 is 5.84 Å². The van der Waals surface area contributed by atoms with Crippen LogP contribution >= 0.6 is 0 Å². The molecule has 0 fully saturated rings. The van der Waals surface area contributed by atoms with Crippen molar-refractivity contribution in [3.05, 3.63) is 24.4 Å². The summed E-state index contributed by atoms with van der Waals surface area (Å²) < 4.78 is 0. The zero-order chi connectivity index (χ0) is 17.2. The maximum absolute atomic E-state index is 4.14. The van der Waals surface area contributed by atoms with Gasteiger partial charge in [-0.15, -0.1) is 6.58 Å². The van der Waals surface area contributed by atoms with E-state index in [9.17, 15) is 0 Å². The van der Waals surface area contributed by atoms with Crippen LogP contribution in [0.25, 0.3) is 0 Å². The van der Waals surface area contributed by atoms with Crippen molar-refractivity contribution in [3.8, 4) is 0 Å². The molecule has 0 radical (unpaired) electrons. The maximum Gasteiger partial charge on any atom is 0.0931 e. The Labute approximate surface area is 139 Å². The van der Waals surface area contributed by atoms with Crippen LogP contribution in [0.4, 0.5) is 0 Å². The molecule has 0 atom stereocenters. The van der Waals surface area contributed by atoms with E-state index in [0.29, 0.717) is 0 Å². The predicted molar refractivity (Wildman–Crippen MR) is 103 cm³/mol. The van der Waals surface area contributed by atoms with Gasteiger partial charge in [-0.3, -0.25) is 4.99 Å². The third-order valence-electron chi connectivity index (χ3n) is 2.98. The van der Waals surface area contributed by atoms with Crippen molar-refractivity contribution in [2.45, 2.75) is 73.1 Å². The van der Waals surface area contributed by atoms with Gasteiger partial charge in [0.25, 0.3) is 0 Å². The SMILES string of the molecule is C=C(C)CCCC.C=C(C)NCCCC.CC1=NCCCN1. The number of nitrogens with zero attached hydrogens (tertiary/aromatic N) is 1. The molecular weight excluding hydrogens is 270 g/mol. The highest BCUT2D eigenvalue weighted by Crippen LogP contribution is 2.01. The molecule has 0 aromatic heterocycles. The van der Waals surface area contributed by atoms with E-state index >= 15 is 0 Å². The van der Waals surface area contributed by atoms with Crippen LogP contribution < -0.4 is 10.6 Å². The van der Waals surface area contributed by atoms with Crippen LogP contribution in [-0.2, 0) is 0 Å². The summed E-state index contributed by atoms with van der Waals surface area (Å²) in [4.78, 5) is 4.14. The quantitative estimate of drug-likeness (QED) is 0.509. The molecule has 22 heavy (non-hydrogen) atoms. The van der Waals surface area contributed by atoms with Gasteiger partial charge in [0, 0.05) is 25.3 Å². The molecule has 1 aliphatic heterocycles. The van der Waals surface area contributed by atoms with Gasteiger partial charge in [0.1, 0.15) is 0 Å². The van der Waals surface area contributed by atoms with E-state index in [1.165, 1.54) is 44.1 Å². The van der Waals surface area contributed by atoms with Crippen LogP contribution in [0, 0.1) is 0 Å². The largest absolute Gasteiger partial charge is 0.389 e. The molecule has 0 aromatic carbocycles. The summed E-state index contributed by atoms with van der Waals surface area (Å²) in [6.07, 6.45) is 7.48. The molecule has 0 saturated carbocycles. The molecule has 0 bridgehead atoms. The summed E-state index contributed by atoms with van der Waals surface area (Å²) in [5, 5.41) is 6.28. The van der Waals surface area contributed by atoms with E-state index in [4.69, 9.17) is 0 Å². The lowest BCUT2D eigenvalue weighted by molar-refractivity contribution is 0.712. The van der Waals surface area contributed by atoms with E-state index in [1.807, 2.05) is 13.8 Å². The van der Waals surface area contributed by atoms with Crippen molar-refractivity contribution in [3.63, 3.8) is 0 Å². The maximum atomic E-state index is 4.14. The fourth-order valence-corrected chi connectivity index (χ4v) is 1.61. The third kappa shape index (κ3) is 23.8. The highest BCUT2D eigenvalue weighted by molar-refractivity contribution is 5.79. The standard InChI is InChI=1S/C7H15N.C7H14.C5H10N2/c1-4-5-6-8-7(2)3;1-4-5-6-7(2)3;1-5-6-3-2-4-7-5/h8H,2,4-6H2,1,3H3;2,4-6H2,1,3H3;2-4H2,1H3,(H,6,7). The Kier molecular flexibility index (Phi) is 18.6. The topological polar surface area (TPSA) is 36.4 Å². The molecule has 1 rings (SSSR count). The number of hydrogen-bond donors (Lipinski definition) is 2. The summed E-state index contributed by atoms with van der Waals surface area (Å²) in [5.74, 6) is 1.09. The third-order valence-corrected chi connectivity index (χ3v) is 2.98. The van der Waals surface area contributed by atoms with Crippen LogP contribution in [0.3, 0.4) is 0 Å². The Morgan fingerprint density at radius 3 is 2.09 bits per heavy atom. The van der Waals surface area contributed by atoms with Gasteiger partial charge in [-0.2, -0.15) is 0 Å². The fraction of sp³-hybridized carbons (Fsp3) is 0.737. The van der Waals surface area contributed by atoms with Gasteiger partial charge in [-0.25, -0.2) is 0 Å². The van der Waals surface area contributed by atoms with Crippen molar-refractivity contribution in [1.82, 2.24) is 10.6 Å².